The van der Waals surface area contributed by atoms with Crippen LogP contribution in [0.4, 0.5) is 4.79 Å². The summed E-state index contributed by atoms with van der Waals surface area (Å²) in [6.45, 7) is -2.47. The number of amides is 4. The minimum atomic E-state index is -5.32. The standard InChI is InChI=1S/C25H25N3O13S2/c29-21-9-10-22(30)28(21)41-24(32)20(43(37,38)39)12-26-23(31)19(42(34,35)36)11-27-25(33)40-13-18-16-7-3-1-5-14(16)15-6-2-4-8-17(15)18/h1-8,18-20H,9-13H2,(H,26,31)(H,27,33)(H,34,35,36)(H,37,38,39). The van der Waals surface area contributed by atoms with Crippen LogP contribution in [0.15, 0.2) is 48.5 Å². The van der Waals surface area contributed by atoms with Gasteiger partial charge < -0.3 is 20.2 Å². The normalized spacial score (nSPS) is 16.2. The fourth-order valence-electron chi connectivity index (χ4n) is 4.58. The molecule has 1 aliphatic carbocycles. The lowest BCUT2D eigenvalue weighted by Crippen LogP contribution is -2.51. The first-order valence-corrected chi connectivity index (χ1v) is 15.6. The monoisotopic (exact) mass is 639 g/mol. The summed E-state index contributed by atoms with van der Waals surface area (Å²) in [6.07, 6.45) is -1.76. The number of hydroxylamine groups is 2. The average Bonchev–Trinajstić information content (AvgIpc) is 3.42. The maximum absolute atomic E-state index is 12.6. The number of carbonyl (C=O) groups excluding carboxylic acids is 5. The molecule has 4 rings (SSSR count). The van der Waals surface area contributed by atoms with Gasteiger partial charge in [-0.25, -0.2) is 9.59 Å². The molecule has 1 fully saturated rings. The van der Waals surface area contributed by atoms with Gasteiger partial charge >= 0.3 is 12.1 Å². The minimum Gasteiger partial charge on any atom is -0.449 e. The zero-order chi connectivity index (χ0) is 31.5. The van der Waals surface area contributed by atoms with E-state index in [0.717, 1.165) is 22.3 Å². The topological polar surface area (TPSA) is 240 Å². The van der Waals surface area contributed by atoms with E-state index < -0.39 is 73.6 Å². The van der Waals surface area contributed by atoms with Gasteiger partial charge in [-0.2, -0.15) is 16.8 Å². The molecule has 2 aromatic carbocycles. The van der Waals surface area contributed by atoms with Crippen molar-refractivity contribution in [2.75, 3.05) is 19.7 Å². The summed E-state index contributed by atoms with van der Waals surface area (Å²) in [5, 5.41) is -1.20. The quantitative estimate of drug-likeness (QED) is 0.184. The first-order chi connectivity index (χ1) is 20.2. The van der Waals surface area contributed by atoms with Crippen molar-refractivity contribution in [1.82, 2.24) is 15.7 Å². The van der Waals surface area contributed by atoms with Gasteiger partial charge in [0.25, 0.3) is 32.1 Å². The predicted molar refractivity (Wildman–Crippen MR) is 144 cm³/mol. The van der Waals surface area contributed by atoms with Crippen LogP contribution >= 0.6 is 0 Å². The summed E-state index contributed by atoms with van der Waals surface area (Å²) >= 11 is 0. The second kappa shape index (κ2) is 12.5. The highest BCUT2D eigenvalue weighted by Gasteiger charge is 2.41. The molecule has 18 heteroatoms. The highest BCUT2D eigenvalue weighted by molar-refractivity contribution is 7.87. The molecule has 2 aliphatic rings. The first-order valence-electron chi connectivity index (χ1n) is 12.5. The molecule has 230 valence electrons. The minimum absolute atomic E-state index is 0.00161. The van der Waals surface area contributed by atoms with Crippen LogP contribution in [0.2, 0.25) is 0 Å². The van der Waals surface area contributed by atoms with E-state index in [1.54, 1.807) is 5.32 Å². The molecule has 1 saturated heterocycles. The van der Waals surface area contributed by atoms with Crippen LogP contribution in [-0.2, 0) is 49.0 Å². The number of alkyl carbamates (subject to hydrolysis) is 1. The van der Waals surface area contributed by atoms with Gasteiger partial charge in [0.15, 0.2) is 5.25 Å². The Labute approximate surface area is 244 Å². The molecule has 43 heavy (non-hydrogen) atoms. The first kappa shape index (κ1) is 31.5. The second-order valence-electron chi connectivity index (χ2n) is 9.45. The van der Waals surface area contributed by atoms with Crippen LogP contribution in [0.5, 0.6) is 0 Å². The lowest BCUT2D eigenvalue weighted by Gasteiger charge is -2.19. The molecular formula is C25H25N3O13S2. The third-order valence-electron chi connectivity index (χ3n) is 6.70. The number of fused-ring (bicyclic) bond motifs is 3. The highest BCUT2D eigenvalue weighted by Crippen LogP contribution is 2.44. The number of carbonyl (C=O) groups is 5. The predicted octanol–water partition coefficient (Wildman–Crippen LogP) is -0.239. The lowest BCUT2D eigenvalue weighted by atomic mass is 9.98. The van der Waals surface area contributed by atoms with E-state index in [9.17, 15) is 49.9 Å². The molecule has 16 nitrogen and oxygen atoms in total. The number of hydrogen-bond donors (Lipinski definition) is 4. The Hall–Kier alpha value is -4.39. The molecular weight excluding hydrogens is 614 g/mol. The second-order valence-corrected chi connectivity index (χ2v) is 12.6. The molecule has 2 atom stereocenters. The smallest absolute Gasteiger partial charge is 0.407 e. The maximum Gasteiger partial charge on any atom is 0.407 e. The van der Waals surface area contributed by atoms with Crippen LogP contribution in [0.3, 0.4) is 0 Å². The third-order valence-corrected chi connectivity index (χ3v) is 8.88. The van der Waals surface area contributed by atoms with E-state index in [2.05, 4.69) is 4.84 Å². The van der Waals surface area contributed by atoms with Gasteiger partial charge in [0.1, 0.15) is 6.61 Å². The van der Waals surface area contributed by atoms with Crippen LogP contribution in [0, 0.1) is 0 Å². The summed E-state index contributed by atoms with van der Waals surface area (Å²) in [5.41, 5.74) is 3.72. The number of imide groups is 1. The number of hydrogen-bond acceptors (Lipinski definition) is 11. The van der Waals surface area contributed by atoms with Crippen LogP contribution in [0.25, 0.3) is 11.1 Å². The fourth-order valence-corrected chi connectivity index (χ4v) is 5.81. The molecule has 0 spiro atoms. The van der Waals surface area contributed by atoms with Gasteiger partial charge in [0.05, 0.1) is 0 Å². The van der Waals surface area contributed by atoms with E-state index in [4.69, 9.17) is 4.74 Å². The number of rotatable bonds is 11. The molecule has 2 aromatic rings. The molecule has 2 unspecified atom stereocenters. The van der Waals surface area contributed by atoms with Crippen molar-refractivity contribution in [3.05, 3.63) is 59.7 Å². The van der Waals surface area contributed by atoms with Crippen LogP contribution in [0.1, 0.15) is 29.9 Å². The Kier molecular flexibility index (Phi) is 9.14. The van der Waals surface area contributed by atoms with Crippen molar-refractivity contribution in [2.45, 2.75) is 29.3 Å². The molecule has 4 amide bonds. The maximum atomic E-state index is 12.6. The fraction of sp³-hybridized carbons (Fsp3) is 0.320. The van der Waals surface area contributed by atoms with Crippen molar-refractivity contribution in [3.8, 4) is 11.1 Å². The van der Waals surface area contributed by atoms with Crippen molar-refractivity contribution in [1.29, 1.82) is 0 Å². The van der Waals surface area contributed by atoms with Crippen molar-refractivity contribution < 1.29 is 59.5 Å². The highest BCUT2D eigenvalue weighted by atomic mass is 32.2. The van der Waals surface area contributed by atoms with Crippen molar-refractivity contribution in [2.24, 2.45) is 0 Å². The van der Waals surface area contributed by atoms with Gasteiger partial charge in [0.2, 0.25) is 11.2 Å². The lowest BCUT2D eigenvalue weighted by molar-refractivity contribution is -0.197. The van der Waals surface area contributed by atoms with E-state index >= 15 is 0 Å². The summed E-state index contributed by atoms with van der Waals surface area (Å²) in [5.74, 6) is -5.64. The van der Waals surface area contributed by atoms with Crippen molar-refractivity contribution in [3.63, 3.8) is 0 Å². The summed E-state index contributed by atoms with van der Waals surface area (Å²) in [4.78, 5) is 64.9. The van der Waals surface area contributed by atoms with Gasteiger partial charge in [0, 0.05) is 31.8 Å². The molecule has 1 aliphatic heterocycles. The Balaban J connectivity index is 1.36. The van der Waals surface area contributed by atoms with Gasteiger partial charge in [-0.3, -0.25) is 23.5 Å². The zero-order valence-corrected chi connectivity index (χ0v) is 23.7. The SMILES string of the molecule is O=C(NCC(C(=O)NCC(C(=O)ON1C(=O)CCC1=O)S(=O)(=O)O)S(=O)(=O)O)OCC1c2ccccc2-c2ccccc21. The Morgan fingerprint density at radius 2 is 1.30 bits per heavy atom. The molecule has 0 bridgehead atoms. The van der Waals surface area contributed by atoms with Gasteiger partial charge in [-0.15, -0.1) is 5.06 Å². The summed E-state index contributed by atoms with van der Waals surface area (Å²) in [6, 6.07) is 15.0. The number of nitrogens with one attached hydrogen (secondary N) is 2. The van der Waals surface area contributed by atoms with E-state index in [-0.39, 0.29) is 30.4 Å². The zero-order valence-electron chi connectivity index (χ0n) is 22.0. The van der Waals surface area contributed by atoms with Crippen molar-refractivity contribution >= 4 is 50.0 Å². The number of nitrogens with zero attached hydrogens (tertiary/aromatic N) is 1. The van der Waals surface area contributed by atoms with E-state index in [1.165, 1.54) is 0 Å². The molecule has 1 heterocycles. The Bertz CT molecular complexity index is 1630. The molecule has 0 aromatic heterocycles. The Morgan fingerprint density at radius 3 is 1.81 bits per heavy atom. The molecule has 0 saturated carbocycles. The largest absolute Gasteiger partial charge is 0.449 e. The van der Waals surface area contributed by atoms with E-state index in [1.807, 2.05) is 53.8 Å². The third kappa shape index (κ3) is 7.16. The van der Waals surface area contributed by atoms with E-state index in [0.29, 0.717) is 0 Å². The summed E-state index contributed by atoms with van der Waals surface area (Å²) < 4.78 is 71.4. The van der Waals surface area contributed by atoms with Crippen LogP contribution in [-0.4, -0.2) is 91.0 Å². The van der Waals surface area contributed by atoms with Crippen LogP contribution < -0.4 is 10.6 Å². The summed E-state index contributed by atoms with van der Waals surface area (Å²) in [7, 11) is -10.5. The molecule has 4 N–H and O–H groups in total. The average molecular weight is 640 g/mol. The Morgan fingerprint density at radius 1 is 0.814 bits per heavy atom. The number of ether oxygens (including phenoxy) is 1. The van der Waals surface area contributed by atoms with Gasteiger partial charge in [-0.1, -0.05) is 48.5 Å². The molecule has 0 radical (unpaired) electrons. The number of benzene rings is 2. The van der Waals surface area contributed by atoms with Gasteiger partial charge in [-0.05, 0) is 22.3 Å².